The molecule has 0 aliphatic carbocycles. The lowest BCUT2D eigenvalue weighted by Gasteiger charge is -2.08. The van der Waals surface area contributed by atoms with E-state index in [0.717, 1.165) is 15.8 Å². The van der Waals surface area contributed by atoms with E-state index < -0.39 is 0 Å². The minimum Gasteiger partial charge on any atom is -0.489 e. The number of benzene rings is 1. The van der Waals surface area contributed by atoms with E-state index in [1.165, 1.54) is 0 Å². The van der Waals surface area contributed by atoms with Crippen molar-refractivity contribution in [1.29, 1.82) is 0 Å². The van der Waals surface area contributed by atoms with Gasteiger partial charge in [-0.2, -0.15) is 0 Å². The summed E-state index contributed by atoms with van der Waals surface area (Å²) in [7, 11) is 0. The SMILES string of the molecule is C=CCOc1cc(Br)c(Cl)cc1C.CC. The summed E-state index contributed by atoms with van der Waals surface area (Å²) in [5.74, 6) is 0.830. The lowest BCUT2D eigenvalue weighted by atomic mass is 10.2. The highest BCUT2D eigenvalue weighted by molar-refractivity contribution is 9.10. The molecule has 0 heterocycles. The molecule has 15 heavy (non-hydrogen) atoms. The van der Waals surface area contributed by atoms with Gasteiger partial charge >= 0.3 is 0 Å². The van der Waals surface area contributed by atoms with Gasteiger partial charge in [-0.1, -0.05) is 38.1 Å². The first-order valence-electron chi connectivity index (χ1n) is 4.84. The highest BCUT2D eigenvalue weighted by Crippen LogP contribution is 2.30. The predicted octanol–water partition coefficient (Wildman–Crippen LogP) is 5.00. The highest BCUT2D eigenvalue weighted by atomic mass is 79.9. The van der Waals surface area contributed by atoms with Crippen molar-refractivity contribution in [2.75, 3.05) is 6.61 Å². The van der Waals surface area contributed by atoms with E-state index >= 15 is 0 Å². The zero-order valence-corrected chi connectivity index (χ0v) is 11.7. The Hall–Kier alpha value is -0.470. The van der Waals surface area contributed by atoms with Crippen LogP contribution in [0.4, 0.5) is 0 Å². The number of halogens is 2. The predicted molar refractivity (Wildman–Crippen MR) is 70.9 cm³/mol. The maximum Gasteiger partial charge on any atom is 0.123 e. The smallest absolute Gasteiger partial charge is 0.123 e. The van der Waals surface area contributed by atoms with E-state index in [1.54, 1.807) is 6.08 Å². The third-order valence-corrected chi connectivity index (χ3v) is 2.77. The van der Waals surface area contributed by atoms with Crippen LogP contribution in [0.1, 0.15) is 19.4 Å². The minimum absolute atomic E-state index is 0.509. The molecule has 0 atom stereocenters. The zero-order valence-electron chi connectivity index (χ0n) is 9.31. The molecule has 0 bridgehead atoms. The van der Waals surface area contributed by atoms with Crippen LogP contribution in [-0.2, 0) is 0 Å². The van der Waals surface area contributed by atoms with Crippen LogP contribution in [0.2, 0.25) is 5.02 Å². The Kier molecular flexibility index (Phi) is 7.53. The zero-order chi connectivity index (χ0) is 11.8. The van der Waals surface area contributed by atoms with Crippen molar-refractivity contribution in [2.45, 2.75) is 20.8 Å². The van der Waals surface area contributed by atoms with Crippen molar-refractivity contribution in [3.05, 3.63) is 39.8 Å². The van der Waals surface area contributed by atoms with Crippen LogP contribution in [0, 0.1) is 6.92 Å². The molecule has 0 saturated carbocycles. The van der Waals surface area contributed by atoms with E-state index in [2.05, 4.69) is 22.5 Å². The van der Waals surface area contributed by atoms with Crippen LogP contribution in [0.25, 0.3) is 0 Å². The minimum atomic E-state index is 0.509. The summed E-state index contributed by atoms with van der Waals surface area (Å²) in [5.41, 5.74) is 1.02. The molecule has 0 saturated heterocycles. The van der Waals surface area contributed by atoms with Crippen molar-refractivity contribution >= 4 is 27.5 Å². The average Bonchev–Trinajstić information content (AvgIpc) is 2.24. The van der Waals surface area contributed by atoms with Gasteiger partial charge in [0.2, 0.25) is 0 Å². The average molecular weight is 292 g/mol. The number of aryl methyl sites for hydroxylation is 1. The molecule has 1 nitrogen and oxygen atoms in total. The lowest BCUT2D eigenvalue weighted by Crippen LogP contribution is -1.95. The largest absolute Gasteiger partial charge is 0.489 e. The van der Waals surface area contributed by atoms with Crippen molar-refractivity contribution in [1.82, 2.24) is 0 Å². The van der Waals surface area contributed by atoms with E-state index in [0.29, 0.717) is 11.6 Å². The molecule has 0 radical (unpaired) electrons. The quantitative estimate of drug-likeness (QED) is 0.712. The molecule has 0 aliphatic heterocycles. The standard InChI is InChI=1S/C10H10BrClO.C2H6/c1-3-4-13-10-6-8(11)9(12)5-7(10)2;1-2/h3,5-6H,1,4H2,2H3;1-2H3. The second-order valence-electron chi connectivity index (χ2n) is 2.63. The summed E-state index contributed by atoms with van der Waals surface area (Å²) < 4.78 is 6.26. The fourth-order valence-electron chi connectivity index (χ4n) is 0.932. The summed E-state index contributed by atoms with van der Waals surface area (Å²) in [6.45, 7) is 10.0. The Morgan fingerprint density at radius 1 is 1.47 bits per heavy atom. The number of ether oxygens (including phenoxy) is 1. The molecule has 1 aromatic rings. The first-order valence-corrected chi connectivity index (χ1v) is 6.01. The molecule has 3 heteroatoms. The lowest BCUT2D eigenvalue weighted by molar-refractivity contribution is 0.360. The summed E-state index contributed by atoms with van der Waals surface area (Å²) in [6, 6.07) is 3.73. The molecule has 0 N–H and O–H groups in total. The molecule has 0 fully saturated rings. The van der Waals surface area contributed by atoms with E-state index in [1.807, 2.05) is 32.9 Å². The molecule has 0 unspecified atom stereocenters. The molecule has 1 rings (SSSR count). The Morgan fingerprint density at radius 2 is 2.07 bits per heavy atom. The molecular weight excluding hydrogens is 275 g/mol. The van der Waals surface area contributed by atoms with Crippen molar-refractivity contribution in [2.24, 2.45) is 0 Å². The Balaban J connectivity index is 0.000000921. The summed E-state index contributed by atoms with van der Waals surface area (Å²) in [4.78, 5) is 0. The van der Waals surface area contributed by atoms with Crippen LogP contribution >= 0.6 is 27.5 Å². The van der Waals surface area contributed by atoms with Gasteiger partial charge in [0, 0.05) is 4.47 Å². The second kappa shape index (κ2) is 7.77. The van der Waals surface area contributed by atoms with Gasteiger partial charge in [0.05, 0.1) is 5.02 Å². The number of hydrogen-bond donors (Lipinski definition) is 0. The number of hydrogen-bond acceptors (Lipinski definition) is 1. The van der Waals surface area contributed by atoms with Gasteiger partial charge < -0.3 is 4.74 Å². The van der Waals surface area contributed by atoms with Crippen molar-refractivity contribution in [3.8, 4) is 5.75 Å². The molecular formula is C12H16BrClO. The Labute approximate surface area is 105 Å². The van der Waals surface area contributed by atoms with Gasteiger partial charge in [0.25, 0.3) is 0 Å². The number of rotatable bonds is 3. The van der Waals surface area contributed by atoms with Crippen molar-refractivity contribution in [3.63, 3.8) is 0 Å². The van der Waals surface area contributed by atoms with Crippen LogP contribution in [0.5, 0.6) is 5.75 Å². The molecule has 84 valence electrons. The van der Waals surface area contributed by atoms with Gasteiger partial charge in [0.15, 0.2) is 0 Å². The third-order valence-electron chi connectivity index (χ3n) is 1.57. The molecule has 1 aromatic carbocycles. The molecule has 0 aliphatic rings. The van der Waals surface area contributed by atoms with E-state index in [-0.39, 0.29) is 0 Å². The molecule has 0 aromatic heterocycles. The first kappa shape index (κ1) is 14.5. The van der Waals surface area contributed by atoms with Crippen LogP contribution < -0.4 is 4.74 Å². The van der Waals surface area contributed by atoms with Gasteiger partial charge in [-0.3, -0.25) is 0 Å². The second-order valence-corrected chi connectivity index (χ2v) is 3.89. The van der Waals surface area contributed by atoms with E-state index in [9.17, 15) is 0 Å². The van der Waals surface area contributed by atoms with Crippen LogP contribution in [-0.4, -0.2) is 6.61 Å². The maximum atomic E-state index is 5.90. The fourth-order valence-corrected chi connectivity index (χ4v) is 1.47. The fraction of sp³-hybridized carbons (Fsp3) is 0.333. The molecule has 0 spiro atoms. The Bertz CT molecular complexity index is 324. The normalized spacial score (nSPS) is 8.87. The molecule has 0 amide bonds. The highest BCUT2D eigenvalue weighted by Gasteiger charge is 2.03. The van der Waals surface area contributed by atoms with Crippen LogP contribution in [0.3, 0.4) is 0 Å². The summed E-state index contributed by atoms with van der Waals surface area (Å²) in [6.07, 6.45) is 1.71. The van der Waals surface area contributed by atoms with Gasteiger partial charge in [-0.15, -0.1) is 0 Å². The summed E-state index contributed by atoms with van der Waals surface area (Å²) >= 11 is 9.23. The van der Waals surface area contributed by atoms with Gasteiger partial charge in [-0.05, 0) is 40.5 Å². The third kappa shape index (κ3) is 4.72. The topological polar surface area (TPSA) is 9.23 Å². The monoisotopic (exact) mass is 290 g/mol. The van der Waals surface area contributed by atoms with Crippen LogP contribution in [0.15, 0.2) is 29.3 Å². The van der Waals surface area contributed by atoms with E-state index in [4.69, 9.17) is 16.3 Å². The van der Waals surface area contributed by atoms with Crippen molar-refractivity contribution < 1.29 is 4.74 Å². The van der Waals surface area contributed by atoms with Gasteiger partial charge in [0.1, 0.15) is 12.4 Å². The Morgan fingerprint density at radius 3 is 2.60 bits per heavy atom. The first-order chi connectivity index (χ1) is 7.15. The summed E-state index contributed by atoms with van der Waals surface area (Å²) in [5, 5.41) is 0.698. The maximum absolute atomic E-state index is 5.90. The van der Waals surface area contributed by atoms with Gasteiger partial charge in [-0.25, -0.2) is 0 Å².